The van der Waals surface area contributed by atoms with Crippen LogP contribution >= 0.6 is 11.3 Å². The third-order valence-electron chi connectivity index (χ3n) is 3.78. The van der Waals surface area contributed by atoms with Crippen LogP contribution in [-0.2, 0) is 4.74 Å². The van der Waals surface area contributed by atoms with Crippen molar-refractivity contribution in [3.8, 4) is 0 Å². The van der Waals surface area contributed by atoms with E-state index in [1.807, 2.05) is 19.9 Å². The number of ether oxygens (including phenoxy) is 1. The van der Waals surface area contributed by atoms with E-state index in [-0.39, 0.29) is 11.9 Å². The Bertz CT molecular complexity index is 690. The SMILES string of the molecule is Cc1cc2sc(C(=O)NC3CCOCC3)c(N)c2c(C)n1. The van der Waals surface area contributed by atoms with Gasteiger partial charge in [-0.1, -0.05) is 0 Å². The molecule has 0 unspecified atom stereocenters. The minimum absolute atomic E-state index is 0.0855. The van der Waals surface area contributed by atoms with Crippen molar-refractivity contribution in [1.82, 2.24) is 10.3 Å². The monoisotopic (exact) mass is 305 g/mol. The van der Waals surface area contributed by atoms with E-state index < -0.39 is 0 Å². The number of aromatic nitrogens is 1. The predicted octanol–water partition coefficient (Wildman–Crippen LogP) is 2.40. The molecule has 0 saturated carbocycles. The summed E-state index contributed by atoms with van der Waals surface area (Å²) < 4.78 is 6.33. The first-order valence-electron chi connectivity index (χ1n) is 7.11. The van der Waals surface area contributed by atoms with Crippen LogP contribution in [0, 0.1) is 13.8 Å². The number of carbonyl (C=O) groups excluding carboxylic acids is 1. The zero-order valence-corrected chi connectivity index (χ0v) is 13.0. The van der Waals surface area contributed by atoms with E-state index in [4.69, 9.17) is 10.5 Å². The number of anilines is 1. The summed E-state index contributed by atoms with van der Waals surface area (Å²) in [5.74, 6) is -0.0855. The molecule has 1 aliphatic heterocycles. The predicted molar refractivity (Wildman–Crippen MR) is 84.8 cm³/mol. The summed E-state index contributed by atoms with van der Waals surface area (Å²) in [5, 5.41) is 3.97. The van der Waals surface area contributed by atoms with Crippen molar-refractivity contribution in [1.29, 1.82) is 0 Å². The summed E-state index contributed by atoms with van der Waals surface area (Å²) in [4.78, 5) is 17.5. The highest BCUT2D eigenvalue weighted by Crippen LogP contribution is 2.35. The van der Waals surface area contributed by atoms with Crippen molar-refractivity contribution in [2.75, 3.05) is 18.9 Å². The second-order valence-corrected chi connectivity index (χ2v) is 6.48. The van der Waals surface area contributed by atoms with E-state index >= 15 is 0 Å². The number of pyridine rings is 1. The molecule has 1 fully saturated rings. The Morgan fingerprint density at radius 1 is 1.43 bits per heavy atom. The fourth-order valence-corrected chi connectivity index (χ4v) is 3.91. The van der Waals surface area contributed by atoms with Gasteiger partial charge >= 0.3 is 0 Å². The number of thiophene rings is 1. The van der Waals surface area contributed by atoms with E-state index in [0.29, 0.717) is 23.8 Å². The topological polar surface area (TPSA) is 77.2 Å². The molecule has 112 valence electrons. The Hall–Kier alpha value is -1.66. The molecule has 0 radical (unpaired) electrons. The number of carbonyl (C=O) groups is 1. The van der Waals surface area contributed by atoms with Crippen LogP contribution in [0.1, 0.15) is 33.9 Å². The van der Waals surface area contributed by atoms with Crippen LogP contribution in [0.2, 0.25) is 0 Å². The first-order chi connectivity index (χ1) is 10.1. The molecule has 6 heteroatoms. The van der Waals surface area contributed by atoms with Crippen molar-refractivity contribution in [2.24, 2.45) is 0 Å². The average Bonchev–Trinajstić information content (AvgIpc) is 2.77. The van der Waals surface area contributed by atoms with Gasteiger partial charge in [0.25, 0.3) is 5.91 Å². The van der Waals surface area contributed by atoms with Gasteiger partial charge in [-0.3, -0.25) is 9.78 Å². The van der Waals surface area contributed by atoms with Crippen LogP contribution in [0.25, 0.3) is 10.1 Å². The lowest BCUT2D eigenvalue weighted by Gasteiger charge is -2.22. The molecule has 5 nitrogen and oxygen atoms in total. The van der Waals surface area contributed by atoms with Crippen LogP contribution in [0.15, 0.2) is 6.07 Å². The van der Waals surface area contributed by atoms with Crippen LogP contribution in [-0.4, -0.2) is 30.1 Å². The molecule has 2 aromatic rings. The van der Waals surface area contributed by atoms with Crippen molar-refractivity contribution in [3.63, 3.8) is 0 Å². The number of nitrogen functional groups attached to an aromatic ring is 1. The van der Waals surface area contributed by atoms with Crippen molar-refractivity contribution < 1.29 is 9.53 Å². The second kappa shape index (κ2) is 5.61. The molecule has 3 rings (SSSR count). The van der Waals surface area contributed by atoms with Gasteiger partial charge in [0.05, 0.1) is 5.69 Å². The molecular weight excluding hydrogens is 286 g/mol. The third kappa shape index (κ3) is 2.73. The Balaban J connectivity index is 1.91. The number of hydrogen-bond acceptors (Lipinski definition) is 5. The lowest BCUT2D eigenvalue weighted by atomic mass is 10.1. The van der Waals surface area contributed by atoms with Crippen LogP contribution in [0.5, 0.6) is 0 Å². The van der Waals surface area contributed by atoms with Gasteiger partial charge < -0.3 is 15.8 Å². The van der Waals surface area contributed by atoms with E-state index in [1.165, 1.54) is 11.3 Å². The van der Waals surface area contributed by atoms with Gasteiger partial charge in [0, 0.05) is 40.7 Å². The lowest BCUT2D eigenvalue weighted by Crippen LogP contribution is -2.38. The Labute approximate surface area is 127 Å². The van der Waals surface area contributed by atoms with Gasteiger partial charge in [0.15, 0.2) is 0 Å². The highest BCUT2D eigenvalue weighted by atomic mass is 32.1. The standard InChI is InChI=1S/C15H19N3O2S/c1-8-7-11-12(9(2)17-8)13(16)14(21-11)15(19)18-10-3-5-20-6-4-10/h7,10H,3-6,16H2,1-2H3,(H,18,19). The van der Waals surface area contributed by atoms with Gasteiger partial charge in [0.1, 0.15) is 4.88 Å². The Morgan fingerprint density at radius 2 is 2.14 bits per heavy atom. The van der Waals surface area contributed by atoms with Gasteiger partial charge in [-0.25, -0.2) is 0 Å². The van der Waals surface area contributed by atoms with E-state index in [1.54, 1.807) is 0 Å². The summed E-state index contributed by atoms with van der Waals surface area (Å²) in [6, 6.07) is 2.16. The highest BCUT2D eigenvalue weighted by Gasteiger charge is 2.22. The molecule has 3 N–H and O–H groups in total. The number of aryl methyl sites for hydroxylation is 2. The van der Waals surface area contributed by atoms with Crippen molar-refractivity contribution >= 4 is 33.0 Å². The molecule has 0 aliphatic carbocycles. The molecule has 2 aromatic heterocycles. The molecular formula is C15H19N3O2S. The maximum Gasteiger partial charge on any atom is 0.263 e. The summed E-state index contributed by atoms with van der Waals surface area (Å²) in [5.41, 5.74) is 8.55. The minimum atomic E-state index is -0.0855. The summed E-state index contributed by atoms with van der Waals surface area (Å²) in [6.45, 7) is 5.28. The van der Waals surface area contributed by atoms with E-state index in [2.05, 4.69) is 10.3 Å². The molecule has 0 bridgehead atoms. The highest BCUT2D eigenvalue weighted by molar-refractivity contribution is 7.21. The van der Waals surface area contributed by atoms with Crippen LogP contribution in [0.4, 0.5) is 5.69 Å². The van der Waals surface area contributed by atoms with Gasteiger partial charge in [-0.05, 0) is 32.8 Å². The third-order valence-corrected chi connectivity index (χ3v) is 4.93. The average molecular weight is 305 g/mol. The quantitative estimate of drug-likeness (QED) is 0.893. The largest absolute Gasteiger partial charge is 0.397 e. The van der Waals surface area contributed by atoms with Crippen molar-refractivity contribution in [2.45, 2.75) is 32.7 Å². The number of amides is 1. The molecule has 3 heterocycles. The summed E-state index contributed by atoms with van der Waals surface area (Å²) in [7, 11) is 0. The molecule has 0 aromatic carbocycles. The number of hydrogen-bond donors (Lipinski definition) is 2. The van der Waals surface area contributed by atoms with Crippen LogP contribution < -0.4 is 11.1 Å². The normalized spacial score (nSPS) is 16.3. The minimum Gasteiger partial charge on any atom is -0.397 e. The van der Waals surface area contributed by atoms with Gasteiger partial charge in [-0.15, -0.1) is 11.3 Å². The second-order valence-electron chi connectivity index (χ2n) is 5.43. The number of fused-ring (bicyclic) bond motifs is 1. The zero-order valence-electron chi connectivity index (χ0n) is 12.2. The smallest absolute Gasteiger partial charge is 0.263 e. The van der Waals surface area contributed by atoms with Crippen LogP contribution in [0.3, 0.4) is 0 Å². The molecule has 21 heavy (non-hydrogen) atoms. The first-order valence-corrected chi connectivity index (χ1v) is 7.92. The maximum absolute atomic E-state index is 12.5. The summed E-state index contributed by atoms with van der Waals surface area (Å²) in [6.07, 6.45) is 1.71. The molecule has 1 aliphatic rings. The Kier molecular flexibility index (Phi) is 3.82. The number of nitrogens with one attached hydrogen (secondary N) is 1. The Morgan fingerprint density at radius 3 is 2.86 bits per heavy atom. The number of rotatable bonds is 2. The fourth-order valence-electron chi connectivity index (χ4n) is 2.74. The molecule has 1 saturated heterocycles. The maximum atomic E-state index is 12.5. The molecule has 0 spiro atoms. The first kappa shape index (κ1) is 14.3. The van der Waals surface area contributed by atoms with Gasteiger partial charge in [0.2, 0.25) is 0 Å². The number of nitrogens with two attached hydrogens (primary N) is 1. The molecule has 1 amide bonds. The van der Waals surface area contributed by atoms with Gasteiger partial charge in [-0.2, -0.15) is 0 Å². The fraction of sp³-hybridized carbons (Fsp3) is 0.467. The lowest BCUT2D eigenvalue weighted by molar-refractivity contribution is 0.0699. The molecule has 0 atom stereocenters. The van der Waals surface area contributed by atoms with E-state index in [0.717, 1.165) is 34.3 Å². The van der Waals surface area contributed by atoms with Crippen molar-refractivity contribution in [3.05, 3.63) is 22.3 Å². The number of nitrogens with zero attached hydrogens (tertiary/aromatic N) is 1. The van der Waals surface area contributed by atoms with E-state index in [9.17, 15) is 4.79 Å². The zero-order chi connectivity index (χ0) is 15.0. The summed E-state index contributed by atoms with van der Waals surface area (Å²) >= 11 is 1.44.